The van der Waals surface area contributed by atoms with E-state index in [1.54, 1.807) is 0 Å². The monoisotopic (exact) mass is 691 g/mol. The van der Waals surface area contributed by atoms with E-state index in [9.17, 15) is 14.4 Å². The number of rotatable bonds is 35. The number of esters is 1. The number of hydrogen-bond acceptors (Lipinski definition) is 4. The molecule has 2 N–H and O–H groups in total. The summed E-state index contributed by atoms with van der Waals surface area (Å²) >= 11 is 0. The maximum absolute atomic E-state index is 13.1. The van der Waals surface area contributed by atoms with Crippen LogP contribution >= 0.6 is 0 Å². The van der Waals surface area contributed by atoms with Crippen LogP contribution in [0, 0.1) is 0 Å². The van der Waals surface area contributed by atoms with Crippen LogP contribution < -0.4 is 10.6 Å². The van der Waals surface area contributed by atoms with Crippen molar-refractivity contribution in [1.82, 2.24) is 10.6 Å². The van der Waals surface area contributed by atoms with E-state index in [0.717, 1.165) is 38.5 Å². The summed E-state index contributed by atoms with van der Waals surface area (Å²) in [7, 11) is 0. The molecule has 0 aromatic rings. The second-order valence-corrected chi connectivity index (χ2v) is 15.5. The average Bonchev–Trinajstić information content (AvgIpc) is 3.05. The lowest BCUT2D eigenvalue weighted by atomic mass is 10.0. The van der Waals surface area contributed by atoms with Gasteiger partial charge in [-0.25, -0.2) is 0 Å². The van der Waals surface area contributed by atoms with Crippen molar-refractivity contribution in [1.29, 1.82) is 0 Å². The molecule has 1 atom stereocenters. The van der Waals surface area contributed by atoms with E-state index < -0.39 is 11.6 Å². The van der Waals surface area contributed by atoms with Crippen molar-refractivity contribution >= 4 is 17.8 Å². The van der Waals surface area contributed by atoms with Crippen LogP contribution in [0.3, 0.4) is 0 Å². The summed E-state index contributed by atoms with van der Waals surface area (Å²) in [5, 5.41) is 6.03. The minimum atomic E-state index is -0.611. The van der Waals surface area contributed by atoms with Gasteiger partial charge in [-0.2, -0.15) is 0 Å². The Labute approximate surface area is 304 Å². The fourth-order valence-electron chi connectivity index (χ4n) is 6.21. The molecule has 288 valence electrons. The number of carbonyl (C=O) groups excluding carboxylic acids is 3. The number of amides is 2. The summed E-state index contributed by atoms with van der Waals surface area (Å²) in [5.41, 5.74) is -0.528. The standard InChI is InChI=1S/C43H82N2O4/c1-6-8-10-12-14-16-18-20-21-22-24-26-28-30-32-36-40(46)45-39(35-34-37-41(47)49-43(3,4)5)42(48)44-38-33-31-29-27-25-23-19-17-15-13-11-9-7-2/h20-21,39H,6-19,22-38H2,1-5H3,(H,44,48)(H,45,46)/b21-20-/t39-/m0/s1. The highest BCUT2D eigenvalue weighted by atomic mass is 16.6. The number of carbonyl (C=O) groups is 3. The summed E-state index contributed by atoms with van der Waals surface area (Å²) in [5.74, 6) is -0.477. The van der Waals surface area contributed by atoms with Gasteiger partial charge < -0.3 is 15.4 Å². The van der Waals surface area contributed by atoms with Crippen LogP contribution in [-0.4, -0.2) is 36.0 Å². The average molecular weight is 691 g/mol. The van der Waals surface area contributed by atoms with Gasteiger partial charge in [-0.05, 0) is 72.1 Å². The summed E-state index contributed by atoms with van der Waals surface area (Å²) in [4.78, 5) is 38.1. The van der Waals surface area contributed by atoms with Crippen molar-refractivity contribution in [2.75, 3.05) is 6.54 Å². The van der Waals surface area contributed by atoms with Crippen LogP contribution in [0.2, 0.25) is 0 Å². The van der Waals surface area contributed by atoms with Crippen LogP contribution in [0.1, 0.15) is 227 Å². The number of unbranched alkanes of at least 4 members (excludes halogenated alkanes) is 23. The number of hydrogen-bond donors (Lipinski definition) is 2. The normalized spacial score (nSPS) is 12.3. The largest absolute Gasteiger partial charge is 0.460 e. The molecule has 0 aliphatic carbocycles. The van der Waals surface area contributed by atoms with Gasteiger partial charge in [-0.1, -0.05) is 154 Å². The third-order valence-corrected chi connectivity index (χ3v) is 9.19. The lowest BCUT2D eigenvalue weighted by Gasteiger charge is -2.21. The first kappa shape index (κ1) is 47.1. The molecule has 0 unspecified atom stereocenters. The molecule has 0 radical (unpaired) electrons. The molecular formula is C43H82N2O4. The third kappa shape index (κ3) is 35.8. The van der Waals surface area contributed by atoms with Crippen molar-refractivity contribution in [2.24, 2.45) is 0 Å². The summed E-state index contributed by atoms with van der Waals surface area (Å²) in [6, 6.07) is -0.611. The zero-order chi connectivity index (χ0) is 36.3. The molecule has 0 aliphatic rings. The van der Waals surface area contributed by atoms with Crippen molar-refractivity contribution in [3.63, 3.8) is 0 Å². The van der Waals surface area contributed by atoms with Crippen LogP contribution in [-0.2, 0) is 19.1 Å². The highest BCUT2D eigenvalue weighted by molar-refractivity contribution is 5.87. The zero-order valence-electron chi connectivity index (χ0n) is 33.3. The Bertz CT molecular complexity index is 804. The van der Waals surface area contributed by atoms with Gasteiger partial charge in [0, 0.05) is 19.4 Å². The Balaban J connectivity index is 4.24. The highest BCUT2D eigenvalue weighted by Crippen LogP contribution is 2.14. The second kappa shape index (κ2) is 34.6. The van der Waals surface area contributed by atoms with E-state index in [1.165, 1.54) is 128 Å². The Morgan fingerprint density at radius 3 is 1.45 bits per heavy atom. The minimum absolute atomic E-state index is 0.0731. The number of ether oxygens (including phenoxy) is 1. The number of nitrogens with one attached hydrogen (secondary N) is 2. The molecule has 0 aromatic carbocycles. The first-order chi connectivity index (χ1) is 23.7. The molecule has 6 nitrogen and oxygen atoms in total. The predicted molar refractivity (Wildman–Crippen MR) is 210 cm³/mol. The molecule has 0 bridgehead atoms. The van der Waals surface area contributed by atoms with E-state index in [-0.39, 0.29) is 24.2 Å². The Morgan fingerprint density at radius 1 is 0.551 bits per heavy atom. The van der Waals surface area contributed by atoms with Gasteiger partial charge in [-0.3, -0.25) is 14.4 Å². The SMILES string of the molecule is CCCCCCCC/C=C\CCCCCCCC(=O)N[C@@H](CCCC(=O)OC(C)(C)C)C(=O)NCCCCCCCCCCCCCCC. The molecule has 0 spiro atoms. The van der Waals surface area contributed by atoms with E-state index in [2.05, 4.69) is 36.6 Å². The summed E-state index contributed by atoms with van der Waals surface area (Å²) in [6.45, 7) is 10.7. The Kier molecular flexibility index (Phi) is 33.3. The van der Waals surface area contributed by atoms with Crippen LogP contribution in [0.4, 0.5) is 0 Å². The maximum atomic E-state index is 13.1. The Morgan fingerprint density at radius 2 is 0.980 bits per heavy atom. The van der Waals surface area contributed by atoms with Crippen LogP contribution in [0.15, 0.2) is 12.2 Å². The molecular weight excluding hydrogens is 608 g/mol. The second-order valence-electron chi connectivity index (χ2n) is 15.5. The van der Waals surface area contributed by atoms with Crippen molar-refractivity contribution < 1.29 is 19.1 Å². The van der Waals surface area contributed by atoms with E-state index in [1.807, 2.05) is 20.8 Å². The van der Waals surface area contributed by atoms with Gasteiger partial charge in [0.1, 0.15) is 11.6 Å². The minimum Gasteiger partial charge on any atom is -0.460 e. The molecule has 0 heterocycles. The van der Waals surface area contributed by atoms with Crippen LogP contribution in [0.25, 0.3) is 0 Å². The van der Waals surface area contributed by atoms with Crippen LogP contribution in [0.5, 0.6) is 0 Å². The molecule has 49 heavy (non-hydrogen) atoms. The smallest absolute Gasteiger partial charge is 0.306 e. The molecule has 0 aliphatic heterocycles. The molecule has 0 fully saturated rings. The molecule has 0 rings (SSSR count). The zero-order valence-corrected chi connectivity index (χ0v) is 33.3. The molecule has 2 amide bonds. The molecule has 0 aromatic heterocycles. The molecule has 6 heteroatoms. The predicted octanol–water partition coefficient (Wildman–Crippen LogP) is 12.2. The quantitative estimate of drug-likeness (QED) is 0.0394. The van der Waals surface area contributed by atoms with Gasteiger partial charge in [0.25, 0.3) is 0 Å². The van der Waals surface area contributed by atoms with Gasteiger partial charge in [0.05, 0.1) is 0 Å². The van der Waals surface area contributed by atoms with Crippen molar-refractivity contribution in [3.05, 3.63) is 12.2 Å². The first-order valence-corrected chi connectivity index (χ1v) is 21.1. The van der Waals surface area contributed by atoms with E-state index in [0.29, 0.717) is 25.8 Å². The first-order valence-electron chi connectivity index (χ1n) is 21.1. The van der Waals surface area contributed by atoms with Crippen molar-refractivity contribution in [2.45, 2.75) is 239 Å². The van der Waals surface area contributed by atoms with E-state index >= 15 is 0 Å². The number of allylic oxidation sites excluding steroid dienone is 2. The fourth-order valence-corrected chi connectivity index (χ4v) is 6.21. The summed E-state index contributed by atoms with van der Waals surface area (Å²) in [6.07, 6.45) is 39.0. The van der Waals surface area contributed by atoms with Gasteiger partial charge in [0.15, 0.2) is 0 Å². The van der Waals surface area contributed by atoms with Crippen molar-refractivity contribution in [3.8, 4) is 0 Å². The highest BCUT2D eigenvalue weighted by Gasteiger charge is 2.22. The topological polar surface area (TPSA) is 84.5 Å². The fraction of sp³-hybridized carbons (Fsp3) is 0.884. The lowest BCUT2D eigenvalue weighted by Crippen LogP contribution is -2.47. The lowest BCUT2D eigenvalue weighted by molar-refractivity contribution is -0.155. The van der Waals surface area contributed by atoms with Gasteiger partial charge in [-0.15, -0.1) is 0 Å². The maximum Gasteiger partial charge on any atom is 0.306 e. The third-order valence-electron chi connectivity index (χ3n) is 9.19. The van der Waals surface area contributed by atoms with Gasteiger partial charge >= 0.3 is 5.97 Å². The van der Waals surface area contributed by atoms with Gasteiger partial charge in [0.2, 0.25) is 11.8 Å². The van der Waals surface area contributed by atoms with E-state index in [4.69, 9.17) is 4.74 Å². The summed E-state index contributed by atoms with van der Waals surface area (Å²) < 4.78 is 5.42. The molecule has 0 saturated carbocycles. The Hall–Kier alpha value is -1.85. The molecule has 0 saturated heterocycles.